The summed E-state index contributed by atoms with van der Waals surface area (Å²) in [7, 11) is 0. The van der Waals surface area contributed by atoms with Gasteiger partial charge in [0, 0.05) is 13.1 Å². The fourth-order valence-corrected chi connectivity index (χ4v) is 3.25. The Morgan fingerprint density at radius 3 is 2.87 bits per heavy atom. The van der Waals surface area contributed by atoms with E-state index < -0.39 is 0 Å². The van der Waals surface area contributed by atoms with E-state index in [0.717, 1.165) is 12.1 Å². The molecule has 1 aromatic heterocycles. The molecule has 7 nitrogen and oxygen atoms in total. The minimum atomic E-state index is 0.0941. The molecule has 3 rings (SSSR count). The van der Waals surface area contributed by atoms with Crippen molar-refractivity contribution in [1.29, 1.82) is 0 Å². The molecule has 0 atom stereocenters. The van der Waals surface area contributed by atoms with Gasteiger partial charge >= 0.3 is 0 Å². The van der Waals surface area contributed by atoms with Crippen LogP contribution in [0.5, 0.6) is 0 Å². The zero-order valence-corrected chi connectivity index (χ0v) is 13.8. The van der Waals surface area contributed by atoms with Gasteiger partial charge < -0.3 is 9.64 Å². The Morgan fingerprint density at radius 1 is 1.30 bits per heavy atom. The minimum Gasteiger partial charge on any atom is -0.378 e. The number of tetrazole rings is 1. The summed E-state index contributed by atoms with van der Waals surface area (Å²) >= 11 is 1.36. The summed E-state index contributed by atoms with van der Waals surface area (Å²) in [5, 5.41) is 12.5. The van der Waals surface area contributed by atoms with Crippen LogP contribution in [0.15, 0.2) is 29.4 Å². The molecule has 1 aliphatic heterocycles. The Bertz CT molecular complexity index is 669. The number of morpholine rings is 1. The Morgan fingerprint density at radius 2 is 2.09 bits per heavy atom. The van der Waals surface area contributed by atoms with Crippen molar-refractivity contribution in [2.24, 2.45) is 0 Å². The van der Waals surface area contributed by atoms with Gasteiger partial charge in [0.2, 0.25) is 11.1 Å². The van der Waals surface area contributed by atoms with Crippen LogP contribution in [0.2, 0.25) is 0 Å². The van der Waals surface area contributed by atoms with Gasteiger partial charge in [-0.25, -0.2) is 0 Å². The fraction of sp³-hybridized carbons (Fsp3) is 0.467. The number of para-hydroxylation sites is 1. The van der Waals surface area contributed by atoms with Gasteiger partial charge in [-0.3, -0.25) is 4.79 Å². The van der Waals surface area contributed by atoms with Crippen LogP contribution in [0.1, 0.15) is 12.5 Å². The number of aryl methyl sites for hydroxylation is 1. The maximum Gasteiger partial charge on any atom is 0.233 e. The number of hydrogen-bond donors (Lipinski definition) is 0. The van der Waals surface area contributed by atoms with E-state index >= 15 is 0 Å². The lowest BCUT2D eigenvalue weighted by Gasteiger charge is -2.26. The van der Waals surface area contributed by atoms with Crippen LogP contribution < -0.4 is 0 Å². The first kappa shape index (κ1) is 15.9. The lowest BCUT2D eigenvalue weighted by atomic mass is 10.1. The lowest BCUT2D eigenvalue weighted by Crippen LogP contribution is -2.41. The third-order valence-corrected chi connectivity index (χ3v) is 4.63. The zero-order chi connectivity index (χ0) is 16.1. The highest BCUT2D eigenvalue weighted by Crippen LogP contribution is 2.21. The number of carbonyl (C=O) groups excluding carboxylic acids is 1. The second-order valence-corrected chi connectivity index (χ2v) is 6.08. The number of amides is 1. The Kier molecular flexibility index (Phi) is 5.24. The van der Waals surface area contributed by atoms with Crippen LogP contribution in [0.4, 0.5) is 0 Å². The van der Waals surface area contributed by atoms with Gasteiger partial charge in [-0.2, -0.15) is 4.68 Å². The number of benzene rings is 1. The zero-order valence-electron chi connectivity index (χ0n) is 13.0. The summed E-state index contributed by atoms with van der Waals surface area (Å²) in [6, 6.07) is 8.01. The van der Waals surface area contributed by atoms with Gasteiger partial charge in [0.1, 0.15) is 0 Å². The van der Waals surface area contributed by atoms with E-state index in [1.165, 1.54) is 17.3 Å². The number of ether oxygens (including phenoxy) is 1. The smallest absolute Gasteiger partial charge is 0.233 e. The van der Waals surface area contributed by atoms with Crippen molar-refractivity contribution in [3.63, 3.8) is 0 Å². The molecule has 1 saturated heterocycles. The predicted octanol–water partition coefficient (Wildman–Crippen LogP) is 1.18. The van der Waals surface area contributed by atoms with E-state index in [4.69, 9.17) is 4.74 Å². The second-order valence-electron chi connectivity index (χ2n) is 5.14. The molecule has 1 amide bonds. The molecule has 0 unspecified atom stereocenters. The quantitative estimate of drug-likeness (QED) is 0.765. The topological polar surface area (TPSA) is 73.1 Å². The highest BCUT2D eigenvalue weighted by molar-refractivity contribution is 7.99. The van der Waals surface area contributed by atoms with Gasteiger partial charge in [-0.1, -0.05) is 36.9 Å². The summed E-state index contributed by atoms with van der Waals surface area (Å²) in [5.74, 6) is 0.422. The lowest BCUT2D eigenvalue weighted by molar-refractivity contribution is -0.132. The molecule has 1 aromatic carbocycles. The van der Waals surface area contributed by atoms with Crippen LogP contribution in [-0.4, -0.2) is 63.1 Å². The van der Waals surface area contributed by atoms with Gasteiger partial charge in [-0.15, -0.1) is 5.10 Å². The average Bonchev–Trinajstić information content (AvgIpc) is 3.08. The van der Waals surface area contributed by atoms with Crippen LogP contribution in [0, 0.1) is 0 Å². The first-order valence-electron chi connectivity index (χ1n) is 7.64. The Hall–Kier alpha value is -1.93. The molecular formula is C15H19N5O2S. The number of nitrogens with zero attached hydrogens (tertiary/aromatic N) is 5. The van der Waals surface area contributed by atoms with Gasteiger partial charge in [0.25, 0.3) is 0 Å². The second kappa shape index (κ2) is 7.56. The first-order valence-corrected chi connectivity index (χ1v) is 8.63. The normalized spacial score (nSPS) is 14.9. The van der Waals surface area contributed by atoms with Crippen molar-refractivity contribution in [1.82, 2.24) is 25.1 Å². The van der Waals surface area contributed by atoms with Gasteiger partial charge in [0.15, 0.2) is 0 Å². The molecule has 0 radical (unpaired) electrons. The summed E-state index contributed by atoms with van der Waals surface area (Å²) in [5.41, 5.74) is 2.13. The SMILES string of the molecule is CCc1ccccc1-n1nnnc1SCC(=O)N1CCOCC1. The largest absolute Gasteiger partial charge is 0.378 e. The van der Waals surface area contributed by atoms with Crippen LogP contribution in [0.25, 0.3) is 5.69 Å². The predicted molar refractivity (Wildman–Crippen MR) is 86.7 cm³/mol. The molecule has 0 aliphatic carbocycles. The molecule has 8 heteroatoms. The standard InChI is InChI=1S/C15H19N5O2S/c1-2-12-5-3-4-6-13(12)20-15(16-17-18-20)23-11-14(21)19-7-9-22-10-8-19/h3-6H,2,7-11H2,1H3. The number of aromatic nitrogens is 4. The van der Waals surface area contributed by atoms with Crippen molar-refractivity contribution in [3.8, 4) is 5.69 Å². The highest BCUT2D eigenvalue weighted by Gasteiger charge is 2.19. The van der Waals surface area contributed by atoms with Gasteiger partial charge in [-0.05, 0) is 28.5 Å². The fourth-order valence-electron chi connectivity index (χ4n) is 2.47. The number of hydrogen-bond acceptors (Lipinski definition) is 6. The number of carbonyl (C=O) groups is 1. The summed E-state index contributed by atoms with van der Waals surface area (Å²) in [6.45, 7) is 4.63. The summed E-state index contributed by atoms with van der Waals surface area (Å²) in [6.07, 6.45) is 0.896. The minimum absolute atomic E-state index is 0.0941. The number of thioether (sulfide) groups is 1. The summed E-state index contributed by atoms with van der Waals surface area (Å²) < 4.78 is 6.97. The first-order chi connectivity index (χ1) is 11.3. The van der Waals surface area contributed by atoms with Crippen molar-refractivity contribution >= 4 is 17.7 Å². The molecule has 122 valence electrons. The molecule has 0 N–H and O–H groups in total. The van der Waals surface area contributed by atoms with Crippen LogP contribution in [0.3, 0.4) is 0 Å². The Balaban J connectivity index is 1.70. The molecule has 0 spiro atoms. The van der Waals surface area contributed by atoms with E-state index in [0.29, 0.717) is 37.2 Å². The number of rotatable bonds is 5. The monoisotopic (exact) mass is 333 g/mol. The molecule has 0 saturated carbocycles. The average molecular weight is 333 g/mol. The van der Waals surface area contributed by atoms with E-state index in [1.807, 2.05) is 23.1 Å². The molecule has 23 heavy (non-hydrogen) atoms. The molecule has 1 aliphatic rings. The molecule has 1 fully saturated rings. The molecule has 2 heterocycles. The summed E-state index contributed by atoms with van der Waals surface area (Å²) in [4.78, 5) is 14.1. The maximum atomic E-state index is 12.2. The highest BCUT2D eigenvalue weighted by atomic mass is 32.2. The third kappa shape index (κ3) is 3.70. The third-order valence-electron chi connectivity index (χ3n) is 3.73. The van der Waals surface area contributed by atoms with E-state index in [9.17, 15) is 4.79 Å². The van der Waals surface area contributed by atoms with E-state index in [-0.39, 0.29) is 5.91 Å². The van der Waals surface area contributed by atoms with Crippen molar-refractivity contribution in [3.05, 3.63) is 29.8 Å². The van der Waals surface area contributed by atoms with Crippen LogP contribution >= 0.6 is 11.8 Å². The maximum absolute atomic E-state index is 12.2. The molecule has 0 bridgehead atoms. The van der Waals surface area contributed by atoms with E-state index in [1.54, 1.807) is 4.68 Å². The van der Waals surface area contributed by atoms with Crippen molar-refractivity contribution in [2.75, 3.05) is 32.1 Å². The molecule has 2 aromatic rings. The Labute approximate surface area is 139 Å². The van der Waals surface area contributed by atoms with Crippen molar-refractivity contribution in [2.45, 2.75) is 18.5 Å². The van der Waals surface area contributed by atoms with Gasteiger partial charge in [0.05, 0.1) is 24.7 Å². The van der Waals surface area contributed by atoms with Crippen LogP contribution in [-0.2, 0) is 16.0 Å². The van der Waals surface area contributed by atoms with E-state index in [2.05, 4.69) is 28.5 Å². The molecular weight excluding hydrogens is 314 g/mol. The van der Waals surface area contributed by atoms with Crippen molar-refractivity contribution < 1.29 is 9.53 Å².